The molecule has 4 heteroatoms. The van der Waals surface area contributed by atoms with E-state index in [0.717, 1.165) is 6.42 Å². The van der Waals surface area contributed by atoms with Crippen LogP contribution in [0.5, 0.6) is 0 Å². The molecule has 1 aliphatic heterocycles. The Kier molecular flexibility index (Phi) is 3.42. The first kappa shape index (κ1) is 11.8. The molecule has 0 saturated carbocycles. The van der Waals surface area contributed by atoms with Gasteiger partial charge in [0.1, 0.15) is 6.10 Å². The van der Waals surface area contributed by atoms with Crippen molar-refractivity contribution in [3.63, 3.8) is 0 Å². The molecular weight excluding hydrogens is 208 g/mol. The molecule has 0 unspecified atom stereocenters. The maximum Gasteiger partial charge on any atom is 0.161 e. The first-order chi connectivity index (χ1) is 7.65. The second kappa shape index (κ2) is 4.65. The fraction of sp³-hybridized carbons (Fsp3) is 0.750. The number of carbonyl (C=O) groups excluding carboxylic acids is 1. The monoisotopic (exact) mass is 226 g/mol. The minimum absolute atomic E-state index is 0.0616. The quantitative estimate of drug-likeness (QED) is 0.738. The lowest BCUT2D eigenvalue weighted by molar-refractivity contribution is -0.116. The smallest absolute Gasteiger partial charge is 0.161 e. The van der Waals surface area contributed by atoms with Gasteiger partial charge in [-0.15, -0.1) is 0 Å². The van der Waals surface area contributed by atoms with Crippen LogP contribution < -0.4 is 0 Å². The Morgan fingerprint density at radius 3 is 3.00 bits per heavy atom. The highest BCUT2D eigenvalue weighted by Gasteiger charge is 2.40. The summed E-state index contributed by atoms with van der Waals surface area (Å²) in [4.78, 5) is 11.6. The number of aliphatic hydroxyl groups is 2. The lowest BCUT2D eigenvalue weighted by atomic mass is 9.85. The molecule has 3 atom stereocenters. The van der Waals surface area contributed by atoms with E-state index >= 15 is 0 Å². The molecule has 0 saturated heterocycles. The van der Waals surface area contributed by atoms with Gasteiger partial charge in [0.15, 0.2) is 5.78 Å². The highest BCUT2D eigenvalue weighted by Crippen LogP contribution is 2.34. The largest absolute Gasteiger partial charge is 0.390 e. The maximum absolute atomic E-state index is 11.6. The van der Waals surface area contributed by atoms with Crippen LogP contribution in [0.1, 0.15) is 32.6 Å². The summed E-state index contributed by atoms with van der Waals surface area (Å²) in [6.07, 6.45) is 0.616. The van der Waals surface area contributed by atoms with Crippen LogP contribution in [0.2, 0.25) is 0 Å². The molecule has 0 aromatic rings. The summed E-state index contributed by atoms with van der Waals surface area (Å²) in [7, 11) is 0. The Morgan fingerprint density at radius 2 is 2.31 bits per heavy atom. The van der Waals surface area contributed by atoms with Crippen LogP contribution in [-0.2, 0) is 9.53 Å². The molecule has 4 nitrogen and oxygen atoms in total. The zero-order valence-electron chi connectivity index (χ0n) is 9.48. The molecule has 0 fully saturated rings. The summed E-state index contributed by atoms with van der Waals surface area (Å²) in [5, 5.41) is 19.8. The van der Waals surface area contributed by atoms with Crippen LogP contribution in [-0.4, -0.2) is 40.9 Å². The van der Waals surface area contributed by atoms with E-state index in [1.807, 2.05) is 6.92 Å². The average molecular weight is 226 g/mol. The van der Waals surface area contributed by atoms with E-state index < -0.39 is 18.3 Å². The molecule has 16 heavy (non-hydrogen) atoms. The van der Waals surface area contributed by atoms with Crippen LogP contribution in [0.25, 0.3) is 0 Å². The molecule has 0 aromatic carbocycles. The minimum atomic E-state index is -0.619. The van der Waals surface area contributed by atoms with Gasteiger partial charge in [0.05, 0.1) is 18.8 Å². The van der Waals surface area contributed by atoms with Crippen molar-refractivity contribution in [2.45, 2.75) is 50.9 Å². The number of aliphatic hydroxyl groups excluding tert-OH is 2. The summed E-state index contributed by atoms with van der Waals surface area (Å²) in [5.74, 6) is 0.0616. The van der Waals surface area contributed by atoms with Gasteiger partial charge in [0.25, 0.3) is 0 Å². The molecule has 2 aliphatic rings. The van der Waals surface area contributed by atoms with Crippen LogP contribution >= 0.6 is 0 Å². The number of ketones is 1. The van der Waals surface area contributed by atoms with Crippen molar-refractivity contribution in [1.82, 2.24) is 0 Å². The van der Waals surface area contributed by atoms with Gasteiger partial charge in [-0.1, -0.05) is 13.3 Å². The molecule has 1 heterocycles. The number of rotatable bonds is 3. The molecule has 2 N–H and O–H groups in total. The summed E-state index contributed by atoms with van der Waals surface area (Å²) in [5.41, 5.74) is 1.23. The van der Waals surface area contributed by atoms with Crippen molar-refractivity contribution in [1.29, 1.82) is 0 Å². The fourth-order valence-electron chi connectivity index (χ4n) is 2.49. The van der Waals surface area contributed by atoms with Crippen LogP contribution in [0.15, 0.2) is 11.1 Å². The zero-order chi connectivity index (χ0) is 11.7. The Labute approximate surface area is 94.9 Å². The van der Waals surface area contributed by atoms with Gasteiger partial charge in [0.2, 0.25) is 0 Å². The predicted molar refractivity (Wildman–Crippen MR) is 57.9 cm³/mol. The number of Topliss-reactive ketones (excluding diaryl/α,β-unsaturated/α-hetero) is 1. The highest BCUT2D eigenvalue weighted by atomic mass is 16.5. The van der Waals surface area contributed by atoms with Crippen LogP contribution in [0.4, 0.5) is 0 Å². The standard InChI is InChI=1S/C12H18O4/c1-2-3-10(15)12-11-7(6-16-12)8(13)4-5-9(11)14/h9-10,12,14-15H,2-6H2,1H3/t9-,10+,12-/m0/s1. The van der Waals surface area contributed by atoms with Gasteiger partial charge >= 0.3 is 0 Å². The zero-order valence-corrected chi connectivity index (χ0v) is 9.48. The van der Waals surface area contributed by atoms with Gasteiger partial charge < -0.3 is 14.9 Å². The Bertz CT molecular complexity index is 321. The lowest BCUT2D eigenvalue weighted by Gasteiger charge is -2.25. The van der Waals surface area contributed by atoms with E-state index in [1.165, 1.54) is 0 Å². The van der Waals surface area contributed by atoms with Crippen molar-refractivity contribution in [2.75, 3.05) is 6.61 Å². The van der Waals surface area contributed by atoms with Crippen molar-refractivity contribution < 1.29 is 19.7 Å². The molecule has 1 aliphatic carbocycles. The third-order valence-corrected chi connectivity index (χ3v) is 3.34. The molecule has 0 aromatic heterocycles. The summed E-state index contributed by atoms with van der Waals surface area (Å²) < 4.78 is 5.45. The van der Waals surface area contributed by atoms with E-state index in [9.17, 15) is 15.0 Å². The first-order valence-electron chi connectivity index (χ1n) is 5.89. The highest BCUT2D eigenvalue weighted by molar-refractivity contribution is 5.98. The van der Waals surface area contributed by atoms with Crippen LogP contribution in [0.3, 0.4) is 0 Å². The summed E-state index contributed by atoms with van der Waals surface area (Å²) >= 11 is 0. The van der Waals surface area contributed by atoms with E-state index in [1.54, 1.807) is 0 Å². The summed E-state index contributed by atoms with van der Waals surface area (Å²) in [6.45, 7) is 2.23. The molecule has 2 rings (SSSR count). The second-order valence-corrected chi connectivity index (χ2v) is 4.50. The SMILES string of the molecule is CCC[C@@H](O)[C@@H]1OCC2=C1[C@@H](O)CCC2=O. The van der Waals surface area contributed by atoms with E-state index in [0.29, 0.717) is 30.4 Å². The molecule has 0 radical (unpaired) electrons. The van der Waals surface area contributed by atoms with Gasteiger partial charge in [-0.3, -0.25) is 4.79 Å². The van der Waals surface area contributed by atoms with Gasteiger partial charge in [-0.25, -0.2) is 0 Å². The van der Waals surface area contributed by atoms with Crippen LogP contribution in [0, 0.1) is 0 Å². The predicted octanol–water partition coefficient (Wildman–Crippen LogP) is 0.567. The van der Waals surface area contributed by atoms with Gasteiger partial charge in [-0.2, -0.15) is 0 Å². The van der Waals surface area contributed by atoms with Crippen molar-refractivity contribution >= 4 is 5.78 Å². The Balaban J connectivity index is 2.21. The topological polar surface area (TPSA) is 66.8 Å². The molecular formula is C12H18O4. The molecule has 0 amide bonds. The van der Waals surface area contributed by atoms with Gasteiger partial charge in [-0.05, 0) is 18.4 Å². The lowest BCUT2D eigenvalue weighted by Crippen LogP contribution is -2.34. The third kappa shape index (κ3) is 1.93. The normalized spacial score (nSPS) is 31.8. The Morgan fingerprint density at radius 1 is 1.56 bits per heavy atom. The van der Waals surface area contributed by atoms with Gasteiger partial charge in [0, 0.05) is 12.0 Å². The van der Waals surface area contributed by atoms with Crippen molar-refractivity contribution in [2.24, 2.45) is 0 Å². The van der Waals surface area contributed by atoms with Crippen molar-refractivity contribution in [3.8, 4) is 0 Å². The third-order valence-electron chi connectivity index (χ3n) is 3.34. The van der Waals surface area contributed by atoms with E-state index in [2.05, 4.69) is 0 Å². The summed E-state index contributed by atoms with van der Waals surface area (Å²) in [6, 6.07) is 0. The molecule has 0 bridgehead atoms. The average Bonchev–Trinajstić information content (AvgIpc) is 2.69. The van der Waals surface area contributed by atoms with Crippen molar-refractivity contribution in [3.05, 3.63) is 11.1 Å². The number of hydrogen-bond acceptors (Lipinski definition) is 4. The Hall–Kier alpha value is -0.710. The maximum atomic E-state index is 11.6. The van der Waals surface area contributed by atoms with E-state index in [4.69, 9.17) is 4.74 Å². The second-order valence-electron chi connectivity index (χ2n) is 4.50. The number of carbonyl (C=O) groups is 1. The minimum Gasteiger partial charge on any atom is -0.390 e. The fourth-order valence-corrected chi connectivity index (χ4v) is 2.49. The number of hydrogen-bond donors (Lipinski definition) is 2. The molecule has 90 valence electrons. The van der Waals surface area contributed by atoms with E-state index in [-0.39, 0.29) is 12.4 Å². The first-order valence-corrected chi connectivity index (χ1v) is 5.89. The molecule has 0 spiro atoms. The number of ether oxygens (including phenoxy) is 1.